The van der Waals surface area contributed by atoms with Gasteiger partial charge in [0, 0.05) is 30.1 Å². The summed E-state index contributed by atoms with van der Waals surface area (Å²) in [7, 11) is -3.67. The molecule has 2 rings (SSSR count). The zero-order valence-corrected chi connectivity index (χ0v) is 11.8. The van der Waals surface area contributed by atoms with E-state index in [2.05, 4.69) is 11.3 Å². The molecule has 5 nitrogen and oxygen atoms in total. The Balaban J connectivity index is 2.45. The minimum absolute atomic E-state index is 0.0489. The number of rotatable bonds is 5. The second-order valence-electron chi connectivity index (χ2n) is 4.21. The Bertz CT molecular complexity index is 601. The number of nitrogens with two attached hydrogens (primary N) is 1. The molecule has 0 saturated heterocycles. The molecule has 1 aromatic rings. The molecule has 19 heavy (non-hydrogen) atoms. The molecule has 0 fully saturated rings. The number of hydrogen-bond acceptors (Lipinski definition) is 4. The van der Waals surface area contributed by atoms with Crippen LogP contribution in [-0.4, -0.2) is 27.6 Å². The van der Waals surface area contributed by atoms with E-state index in [-0.39, 0.29) is 17.5 Å². The van der Waals surface area contributed by atoms with Crippen molar-refractivity contribution in [3.8, 4) is 5.75 Å². The molecule has 0 spiro atoms. The van der Waals surface area contributed by atoms with Crippen LogP contribution in [0.15, 0.2) is 29.7 Å². The van der Waals surface area contributed by atoms with Crippen molar-refractivity contribution < 1.29 is 13.2 Å². The maximum Gasteiger partial charge on any atom is 0.244 e. The second-order valence-corrected chi connectivity index (χ2v) is 6.38. The summed E-state index contributed by atoms with van der Waals surface area (Å²) in [6.45, 7) is 3.94. The highest BCUT2D eigenvalue weighted by Gasteiger charge is 2.30. The van der Waals surface area contributed by atoms with E-state index in [0.29, 0.717) is 23.7 Å². The van der Waals surface area contributed by atoms with Crippen LogP contribution in [0.1, 0.15) is 5.56 Å². The quantitative estimate of drug-likeness (QED) is 0.797. The van der Waals surface area contributed by atoms with E-state index in [9.17, 15) is 8.42 Å². The Kier molecular flexibility index (Phi) is 4.15. The van der Waals surface area contributed by atoms with Crippen molar-refractivity contribution in [3.63, 3.8) is 0 Å². The molecule has 0 radical (unpaired) electrons. The van der Waals surface area contributed by atoms with Crippen LogP contribution < -0.4 is 15.2 Å². The van der Waals surface area contributed by atoms with Gasteiger partial charge in [-0.25, -0.2) is 13.1 Å². The second kappa shape index (κ2) is 5.50. The predicted molar refractivity (Wildman–Crippen MR) is 74.0 cm³/mol. The van der Waals surface area contributed by atoms with Gasteiger partial charge < -0.3 is 10.5 Å². The van der Waals surface area contributed by atoms with Gasteiger partial charge in [-0.2, -0.15) is 0 Å². The molecule has 0 aromatic heterocycles. The molecular formula is C12H15ClN2O3S. The third-order valence-corrected chi connectivity index (χ3v) is 4.45. The van der Waals surface area contributed by atoms with Crippen LogP contribution in [0, 0.1) is 0 Å². The lowest BCUT2D eigenvalue weighted by Gasteiger charge is -2.11. The Labute approximate surface area is 117 Å². The fraction of sp³-hybridized carbons (Fsp3) is 0.333. The lowest BCUT2D eigenvalue weighted by molar-refractivity contribution is 0.236. The molecule has 1 aromatic carbocycles. The van der Waals surface area contributed by atoms with Gasteiger partial charge in [-0.1, -0.05) is 17.7 Å². The van der Waals surface area contributed by atoms with Crippen LogP contribution in [0.4, 0.5) is 0 Å². The maximum atomic E-state index is 12.2. The highest BCUT2D eigenvalue weighted by Crippen LogP contribution is 2.37. The molecule has 7 heteroatoms. The van der Waals surface area contributed by atoms with Gasteiger partial charge >= 0.3 is 0 Å². The molecule has 1 aliphatic rings. The Morgan fingerprint density at radius 2 is 2.32 bits per heavy atom. The van der Waals surface area contributed by atoms with Crippen molar-refractivity contribution in [2.75, 3.05) is 13.1 Å². The summed E-state index contributed by atoms with van der Waals surface area (Å²) in [6, 6.07) is 3.09. The van der Waals surface area contributed by atoms with Gasteiger partial charge in [0.1, 0.15) is 16.7 Å². The van der Waals surface area contributed by atoms with Crippen LogP contribution in [0.25, 0.3) is 0 Å². The standard InChI is InChI=1S/C12H15ClN2O3S/c1-2-3-15-19(16,17)11-6-9(13)4-8-5-10(7-14)18-12(8)11/h2,4,6,10,15H,1,3,5,7,14H2. The predicted octanol–water partition coefficient (Wildman–Crippen LogP) is 1.07. The molecule has 1 unspecified atom stereocenters. The average molecular weight is 303 g/mol. The number of sulfonamides is 1. The normalized spacial score (nSPS) is 17.9. The molecule has 104 valence electrons. The number of hydrogen-bond donors (Lipinski definition) is 2. The van der Waals surface area contributed by atoms with Crippen LogP contribution in [0.5, 0.6) is 5.75 Å². The third kappa shape index (κ3) is 2.92. The van der Waals surface area contributed by atoms with E-state index in [1.165, 1.54) is 12.1 Å². The van der Waals surface area contributed by atoms with Crippen LogP contribution >= 0.6 is 11.6 Å². The Morgan fingerprint density at radius 1 is 1.58 bits per heavy atom. The number of halogens is 1. The van der Waals surface area contributed by atoms with Crippen molar-refractivity contribution in [1.29, 1.82) is 0 Å². The van der Waals surface area contributed by atoms with Crippen molar-refractivity contribution in [2.24, 2.45) is 5.73 Å². The average Bonchev–Trinajstić information content (AvgIpc) is 2.78. The van der Waals surface area contributed by atoms with Gasteiger partial charge in [-0.3, -0.25) is 0 Å². The first-order valence-electron chi connectivity index (χ1n) is 5.77. The smallest absolute Gasteiger partial charge is 0.244 e. The van der Waals surface area contributed by atoms with Crippen molar-refractivity contribution >= 4 is 21.6 Å². The van der Waals surface area contributed by atoms with Gasteiger partial charge in [0.2, 0.25) is 10.0 Å². The third-order valence-electron chi connectivity index (χ3n) is 2.80. The topological polar surface area (TPSA) is 81.4 Å². The summed E-state index contributed by atoms with van der Waals surface area (Å²) in [5, 5.41) is 0.360. The van der Waals surface area contributed by atoms with Crippen molar-refractivity contribution in [1.82, 2.24) is 4.72 Å². The number of nitrogens with one attached hydrogen (secondary N) is 1. The summed E-state index contributed by atoms with van der Waals surface area (Å²) in [4.78, 5) is 0.0489. The van der Waals surface area contributed by atoms with Crippen LogP contribution in [-0.2, 0) is 16.4 Å². The number of ether oxygens (including phenoxy) is 1. The minimum Gasteiger partial charge on any atom is -0.487 e. The van der Waals surface area contributed by atoms with Gasteiger partial charge in [-0.05, 0) is 12.1 Å². The highest BCUT2D eigenvalue weighted by atomic mass is 35.5. The molecule has 0 amide bonds. The van der Waals surface area contributed by atoms with Crippen LogP contribution in [0.2, 0.25) is 5.02 Å². The fourth-order valence-electron chi connectivity index (χ4n) is 1.94. The largest absolute Gasteiger partial charge is 0.487 e. The monoisotopic (exact) mass is 302 g/mol. The minimum atomic E-state index is -3.67. The SMILES string of the molecule is C=CCNS(=O)(=O)c1cc(Cl)cc2c1OC(CN)C2. The molecule has 0 aliphatic carbocycles. The van der Waals surface area contributed by atoms with Crippen LogP contribution in [0.3, 0.4) is 0 Å². The molecule has 1 aliphatic heterocycles. The van der Waals surface area contributed by atoms with Crippen molar-refractivity contribution in [3.05, 3.63) is 35.4 Å². The summed E-state index contributed by atoms with van der Waals surface area (Å²) in [5.74, 6) is 0.344. The summed E-state index contributed by atoms with van der Waals surface area (Å²) in [6.07, 6.45) is 1.82. The van der Waals surface area contributed by atoms with E-state index in [4.69, 9.17) is 22.1 Å². The van der Waals surface area contributed by atoms with Gasteiger partial charge in [0.05, 0.1) is 0 Å². The molecule has 0 bridgehead atoms. The van der Waals surface area contributed by atoms with E-state index in [1.54, 1.807) is 6.07 Å². The summed E-state index contributed by atoms with van der Waals surface area (Å²) >= 11 is 5.96. The molecular weight excluding hydrogens is 288 g/mol. The first-order chi connectivity index (χ1) is 8.97. The first kappa shape index (κ1) is 14.3. The first-order valence-corrected chi connectivity index (χ1v) is 7.63. The molecule has 3 N–H and O–H groups in total. The molecule has 1 atom stereocenters. The van der Waals surface area contributed by atoms with Gasteiger partial charge in [-0.15, -0.1) is 6.58 Å². The molecule has 0 saturated carbocycles. The maximum absolute atomic E-state index is 12.2. The highest BCUT2D eigenvalue weighted by molar-refractivity contribution is 7.89. The van der Waals surface area contributed by atoms with Gasteiger partial charge in [0.25, 0.3) is 0 Å². The van der Waals surface area contributed by atoms with E-state index in [1.807, 2.05) is 0 Å². The molecule has 1 heterocycles. The number of fused-ring (bicyclic) bond motifs is 1. The van der Waals surface area contributed by atoms with Gasteiger partial charge in [0.15, 0.2) is 0 Å². The zero-order chi connectivity index (χ0) is 14.0. The van der Waals surface area contributed by atoms with E-state index < -0.39 is 10.0 Å². The van der Waals surface area contributed by atoms with E-state index in [0.717, 1.165) is 5.56 Å². The summed E-state index contributed by atoms with van der Waals surface area (Å²) in [5.41, 5.74) is 6.32. The number of benzene rings is 1. The summed E-state index contributed by atoms with van der Waals surface area (Å²) < 4.78 is 32.3. The Hall–Kier alpha value is -1.08. The fourth-order valence-corrected chi connectivity index (χ4v) is 3.44. The van der Waals surface area contributed by atoms with Crippen molar-refractivity contribution in [2.45, 2.75) is 17.4 Å². The van der Waals surface area contributed by atoms with E-state index >= 15 is 0 Å². The lowest BCUT2D eigenvalue weighted by atomic mass is 10.1. The zero-order valence-electron chi connectivity index (χ0n) is 10.2. The Morgan fingerprint density at radius 3 is 2.95 bits per heavy atom. The lowest BCUT2D eigenvalue weighted by Crippen LogP contribution is -2.26.